The van der Waals surface area contributed by atoms with Gasteiger partial charge in [0.1, 0.15) is 0 Å². The second-order valence-corrected chi connectivity index (χ2v) is 3.97. The number of carbonyl (C=O) groups is 1. The van der Waals surface area contributed by atoms with Gasteiger partial charge >= 0.3 is 0 Å². The van der Waals surface area contributed by atoms with Crippen LogP contribution in [0.25, 0.3) is 0 Å². The summed E-state index contributed by atoms with van der Waals surface area (Å²) in [5, 5.41) is 3.13. The number of aromatic nitrogens is 2. The number of hydrogen-bond acceptors (Lipinski definition) is 3. The van der Waals surface area contributed by atoms with Gasteiger partial charge in [-0.3, -0.25) is 14.8 Å². The minimum atomic E-state index is -0.254. The summed E-state index contributed by atoms with van der Waals surface area (Å²) >= 11 is 5.92. The van der Waals surface area contributed by atoms with Crippen molar-refractivity contribution in [1.29, 1.82) is 0 Å². The minimum Gasteiger partial charge on any atom is -0.319 e. The largest absolute Gasteiger partial charge is 0.319 e. The van der Waals surface area contributed by atoms with E-state index in [2.05, 4.69) is 15.3 Å². The van der Waals surface area contributed by atoms with Crippen molar-refractivity contribution < 1.29 is 4.79 Å². The van der Waals surface area contributed by atoms with Crippen LogP contribution in [0.3, 0.4) is 0 Å². The van der Waals surface area contributed by atoms with Gasteiger partial charge in [-0.2, -0.15) is 0 Å². The summed E-state index contributed by atoms with van der Waals surface area (Å²) in [4.78, 5) is 19.7. The molecule has 5 heteroatoms. The second kappa shape index (κ2) is 4.93. The summed E-state index contributed by atoms with van der Waals surface area (Å²) in [7, 11) is 0. The highest BCUT2D eigenvalue weighted by atomic mass is 35.5. The van der Waals surface area contributed by atoms with Crippen molar-refractivity contribution >= 4 is 23.2 Å². The van der Waals surface area contributed by atoms with Crippen LogP contribution in [0.5, 0.6) is 0 Å². The fourth-order valence-corrected chi connectivity index (χ4v) is 1.50. The zero-order chi connectivity index (χ0) is 12.3. The van der Waals surface area contributed by atoms with Crippen LogP contribution in [-0.2, 0) is 0 Å². The van der Waals surface area contributed by atoms with Gasteiger partial charge in [-0.25, -0.2) is 0 Å². The van der Waals surface area contributed by atoms with E-state index in [1.165, 1.54) is 12.4 Å². The van der Waals surface area contributed by atoms with Gasteiger partial charge in [0.2, 0.25) is 0 Å². The van der Waals surface area contributed by atoms with E-state index in [4.69, 9.17) is 11.6 Å². The highest BCUT2D eigenvalue weighted by Crippen LogP contribution is 2.19. The third-order valence-electron chi connectivity index (χ3n) is 2.15. The van der Waals surface area contributed by atoms with Gasteiger partial charge in [0, 0.05) is 18.6 Å². The first kappa shape index (κ1) is 11.5. The van der Waals surface area contributed by atoms with Crippen LogP contribution in [0, 0.1) is 6.92 Å². The van der Waals surface area contributed by atoms with E-state index in [-0.39, 0.29) is 5.91 Å². The van der Waals surface area contributed by atoms with Crippen molar-refractivity contribution in [3.63, 3.8) is 0 Å². The quantitative estimate of drug-likeness (QED) is 0.888. The molecule has 0 aromatic carbocycles. The van der Waals surface area contributed by atoms with Gasteiger partial charge in [-0.1, -0.05) is 11.6 Å². The predicted molar refractivity (Wildman–Crippen MR) is 66.2 cm³/mol. The van der Waals surface area contributed by atoms with Gasteiger partial charge in [-0.05, 0) is 24.6 Å². The molecule has 2 aromatic heterocycles. The Morgan fingerprint density at radius 3 is 2.82 bits per heavy atom. The standard InChI is InChI=1S/C12H10ClN3O/c1-8-4-9(6-15-5-8)12(17)16-11-7-14-3-2-10(11)13/h2-7H,1H3,(H,16,17). The molecule has 17 heavy (non-hydrogen) atoms. The Kier molecular flexibility index (Phi) is 3.35. The Morgan fingerprint density at radius 2 is 2.12 bits per heavy atom. The summed E-state index contributed by atoms with van der Waals surface area (Å²) < 4.78 is 0. The number of hydrogen-bond donors (Lipinski definition) is 1. The van der Waals surface area contributed by atoms with Crippen LogP contribution >= 0.6 is 11.6 Å². The fourth-order valence-electron chi connectivity index (χ4n) is 1.34. The first-order valence-electron chi connectivity index (χ1n) is 4.99. The van der Waals surface area contributed by atoms with E-state index in [1.54, 1.807) is 24.5 Å². The molecular formula is C12H10ClN3O. The van der Waals surface area contributed by atoms with E-state index in [0.717, 1.165) is 5.56 Å². The molecular weight excluding hydrogens is 238 g/mol. The molecule has 0 spiro atoms. The van der Waals surface area contributed by atoms with Gasteiger partial charge in [0.15, 0.2) is 0 Å². The molecule has 0 unspecified atom stereocenters. The zero-order valence-electron chi connectivity index (χ0n) is 9.14. The SMILES string of the molecule is Cc1cncc(C(=O)Nc2cnccc2Cl)c1. The third-order valence-corrected chi connectivity index (χ3v) is 2.48. The number of carbonyl (C=O) groups excluding carboxylic acids is 1. The van der Waals surface area contributed by atoms with E-state index < -0.39 is 0 Å². The maximum atomic E-state index is 11.9. The van der Waals surface area contributed by atoms with Gasteiger partial charge in [-0.15, -0.1) is 0 Å². The molecule has 1 amide bonds. The highest BCUT2D eigenvalue weighted by Gasteiger charge is 2.08. The molecule has 0 radical (unpaired) electrons. The maximum Gasteiger partial charge on any atom is 0.257 e. The van der Waals surface area contributed by atoms with E-state index in [0.29, 0.717) is 16.3 Å². The lowest BCUT2D eigenvalue weighted by molar-refractivity contribution is 0.102. The molecule has 0 atom stereocenters. The molecule has 2 rings (SSSR count). The first-order chi connectivity index (χ1) is 8.16. The smallest absolute Gasteiger partial charge is 0.257 e. The molecule has 1 N–H and O–H groups in total. The molecule has 0 saturated carbocycles. The van der Waals surface area contributed by atoms with E-state index in [1.807, 2.05) is 6.92 Å². The highest BCUT2D eigenvalue weighted by molar-refractivity contribution is 6.33. The Hall–Kier alpha value is -1.94. The molecule has 2 heterocycles. The summed E-state index contributed by atoms with van der Waals surface area (Å²) in [6, 6.07) is 3.37. The second-order valence-electron chi connectivity index (χ2n) is 3.56. The number of amides is 1. The number of pyridine rings is 2. The summed E-state index contributed by atoms with van der Waals surface area (Å²) in [5.74, 6) is -0.254. The molecule has 0 aliphatic rings. The molecule has 0 bridgehead atoms. The zero-order valence-corrected chi connectivity index (χ0v) is 9.90. The molecule has 2 aromatic rings. The monoisotopic (exact) mass is 247 g/mol. The first-order valence-corrected chi connectivity index (χ1v) is 5.37. The Morgan fingerprint density at radius 1 is 1.29 bits per heavy atom. The molecule has 0 saturated heterocycles. The van der Waals surface area contributed by atoms with Crippen LogP contribution < -0.4 is 5.32 Å². The van der Waals surface area contributed by atoms with Gasteiger partial charge < -0.3 is 5.32 Å². The molecule has 4 nitrogen and oxygen atoms in total. The molecule has 86 valence electrons. The number of rotatable bonds is 2. The maximum absolute atomic E-state index is 11.9. The van der Waals surface area contributed by atoms with Crippen LogP contribution in [0.1, 0.15) is 15.9 Å². The van der Waals surface area contributed by atoms with Crippen LogP contribution in [0.15, 0.2) is 36.9 Å². The lowest BCUT2D eigenvalue weighted by Crippen LogP contribution is -2.12. The number of nitrogens with zero attached hydrogens (tertiary/aromatic N) is 2. The van der Waals surface area contributed by atoms with Crippen molar-refractivity contribution in [3.8, 4) is 0 Å². The molecule has 0 aliphatic heterocycles. The predicted octanol–water partition coefficient (Wildman–Crippen LogP) is 2.69. The van der Waals surface area contributed by atoms with E-state index in [9.17, 15) is 4.79 Å². The average Bonchev–Trinajstić information content (AvgIpc) is 2.32. The third kappa shape index (κ3) is 2.79. The normalized spacial score (nSPS) is 10.0. The topological polar surface area (TPSA) is 54.9 Å². The lowest BCUT2D eigenvalue weighted by Gasteiger charge is -2.06. The molecule has 0 fully saturated rings. The van der Waals surface area contributed by atoms with Gasteiger partial charge in [0.25, 0.3) is 5.91 Å². The van der Waals surface area contributed by atoms with Crippen molar-refractivity contribution in [2.75, 3.05) is 5.32 Å². The Balaban J connectivity index is 2.20. The summed E-state index contributed by atoms with van der Waals surface area (Å²) in [5.41, 5.74) is 1.90. The number of nitrogens with one attached hydrogen (secondary N) is 1. The Labute approximate surface area is 104 Å². The van der Waals surface area contributed by atoms with Crippen LogP contribution in [-0.4, -0.2) is 15.9 Å². The summed E-state index contributed by atoms with van der Waals surface area (Å²) in [6.45, 7) is 1.88. The van der Waals surface area contributed by atoms with Crippen LogP contribution in [0.2, 0.25) is 5.02 Å². The Bertz CT molecular complexity index is 557. The number of halogens is 1. The minimum absolute atomic E-state index is 0.254. The van der Waals surface area contributed by atoms with Crippen molar-refractivity contribution in [2.24, 2.45) is 0 Å². The van der Waals surface area contributed by atoms with Gasteiger partial charge in [0.05, 0.1) is 22.5 Å². The van der Waals surface area contributed by atoms with Crippen molar-refractivity contribution in [1.82, 2.24) is 9.97 Å². The molecule has 0 aliphatic carbocycles. The summed E-state index contributed by atoms with van der Waals surface area (Å²) in [6.07, 6.45) is 6.26. The van der Waals surface area contributed by atoms with Crippen molar-refractivity contribution in [2.45, 2.75) is 6.92 Å². The van der Waals surface area contributed by atoms with E-state index >= 15 is 0 Å². The number of anilines is 1. The number of aryl methyl sites for hydroxylation is 1. The fraction of sp³-hybridized carbons (Fsp3) is 0.0833. The van der Waals surface area contributed by atoms with Crippen LogP contribution in [0.4, 0.5) is 5.69 Å². The average molecular weight is 248 g/mol. The van der Waals surface area contributed by atoms with Crippen molar-refractivity contribution in [3.05, 3.63) is 53.1 Å². The lowest BCUT2D eigenvalue weighted by atomic mass is 10.2.